The highest BCUT2D eigenvalue weighted by atomic mass is 35.5. The summed E-state index contributed by atoms with van der Waals surface area (Å²) < 4.78 is 38.3. The van der Waals surface area contributed by atoms with E-state index in [2.05, 4.69) is 20.4 Å². The first kappa shape index (κ1) is 14.5. The van der Waals surface area contributed by atoms with Gasteiger partial charge < -0.3 is 0 Å². The molecule has 3 rings (SSSR count). The molecule has 2 heterocycles. The van der Waals surface area contributed by atoms with Gasteiger partial charge in [-0.15, -0.1) is 15.0 Å². The van der Waals surface area contributed by atoms with Crippen molar-refractivity contribution in [3.63, 3.8) is 0 Å². The van der Waals surface area contributed by atoms with Crippen molar-refractivity contribution in [3.05, 3.63) is 53.2 Å². The number of pyridine rings is 1. The summed E-state index contributed by atoms with van der Waals surface area (Å²) in [6.07, 6.45) is -2.93. The van der Waals surface area contributed by atoms with Gasteiger partial charge >= 0.3 is 6.18 Å². The summed E-state index contributed by atoms with van der Waals surface area (Å²) >= 11 is 5.92. The number of halogens is 4. The zero-order valence-electron chi connectivity index (χ0n) is 10.8. The first-order valence-corrected chi connectivity index (χ1v) is 6.41. The molecular formula is C13H7ClF3N5. The molecule has 22 heavy (non-hydrogen) atoms. The van der Waals surface area contributed by atoms with Crippen LogP contribution < -0.4 is 0 Å². The van der Waals surface area contributed by atoms with Crippen LogP contribution in [0.2, 0.25) is 5.02 Å². The average Bonchev–Trinajstić information content (AvgIpc) is 2.97. The Morgan fingerprint density at radius 2 is 1.91 bits per heavy atom. The van der Waals surface area contributed by atoms with Crippen LogP contribution in [0.5, 0.6) is 0 Å². The van der Waals surface area contributed by atoms with Gasteiger partial charge in [0.25, 0.3) is 0 Å². The Kier molecular flexibility index (Phi) is 3.53. The first-order chi connectivity index (χ1) is 10.4. The molecule has 0 fully saturated rings. The van der Waals surface area contributed by atoms with Crippen LogP contribution in [-0.4, -0.2) is 25.2 Å². The highest BCUT2D eigenvalue weighted by molar-refractivity contribution is 6.32. The highest BCUT2D eigenvalue weighted by Crippen LogP contribution is 2.32. The van der Waals surface area contributed by atoms with Crippen LogP contribution in [0.4, 0.5) is 13.2 Å². The summed E-state index contributed by atoms with van der Waals surface area (Å²) in [4.78, 5) is 4.99. The zero-order valence-corrected chi connectivity index (χ0v) is 11.5. The van der Waals surface area contributed by atoms with E-state index in [1.807, 2.05) is 0 Å². The Morgan fingerprint density at radius 1 is 1.09 bits per heavy atom. The largest absolute Gasteiger partial charge is 0.416 e. The summed E-state index contributed by atoms with van der Waals surface area (Å²) in [5.41, 5.74) is -0.397. The molecular weight excluding hydrogens is 319 g/mol. The van der Waals surface area contributed by atoms with Crippen LogP contribution >= 0.6 is 11.6 Å². The van der Waals surface area contributed by atoms with Gasteiger partial charge in [0.05, 0.1) is 10.6 Å². The van der Waals surface area contributed by atoms with E-state index in [0.29, 0.717) is 5.69 Å². The molecule has 0 aliphatic heterocycles. The standard InChI is InChI=1S/C13H7ClF3N5/c14-9-5-4-8(13(15,16)17)7-11(9)22-20-12(19-21-22)10-3-1-2-6-18-10/h1-7H. The van der Waals surface area contributed by atoms with Gasteiger partial charge in [-0.05, 0) is 35.5 Å². The number of tetrazole rings is 1. The molecule has 1 aromatic carbocycles. The molecule has 0 aliphatic rings. The van der Waals surface area contributed by atoms with Crippen molar-refractivity contribution in [2.45, 2.75) is 6.18 Å². The lowest BCUT2D eigenvalue weighted by Gasteiger charge is -2.09. The fourth-order valence-corrected chi connectivity index (χ4v) is 1.95. The number of aromatic nitrogens is 5. The summed E-state index contributed by atoms with van der Waals surface area (Å²) in [7, 11) is 0. The molecule has 0 spiro atoms. The van der Waals surface area contributed by atoms with Gasteiger partial charge in [-0.25, -0.2) is 0 Å². The Labute approximate surface area is 127 Å². The van der Waals surface area contributed by atoms with E-state index in [4.69, 9.17) is 11.6 Å². The van der Waals surface area contributed by atoms with E-state index in [1.54, 1.807) is 24.4 Å². The lowest BCUT2D eigenvalue weighted by Crippen LogP contribution is -2.08. The van der Waals surface area contributed by atoms with Crippen molar-refractivity contribution in [3.8, 4) is 17.2 Å². The maximum atomic E-state index is 12.8. The number of nitrogens with zero attached hydrogens (tertiary/aromatic N) is 5. The molecule has 0 saturated heterocycles. The fraction of sp³-hybridized carbons (Fsp3) is 0.0769. The Hall–Kier alpha value is -2.48. The number of alkyl halides is 3. The summed E-state index contributed by atoms with van der Waals surface area (Å²) in [6, 6.07) is 8.02. The predicted octanol–water partition coefficient (Wildman–Crippen LogP) is 3.40. The molecule has 0 amide bonds. The third kappa shape index (κ3) is 2.77. The Bertz CT molecular complexity index is 801. The van der Waals surface area contributed by atoms with E-state index in [-0.39, 0.29) is 16.5 Å². The highest BCUT2D eigenvalue weighted by Gasteiger charge is 2.31. The summed E-state index contributed by atoms with van der Waals surface area (Å²) in [5, 5.41) is 11.6. The van der Waals surface area contributed by atoms with Gasteiger partial charge in [0, 0.05) is 6.20 Å². The molecule has 2 aromatic heterocycles. The molecule has 3 aromatic rings. The van der Waals surface area contributed by atoms with Crippen LogP contribution in [0.1, 0.15) is 5.56 Å². The molecule has 0 aliphatic carbocycles. The lowest BCUT2D eigenvalue weighted by molar-refractivity contribution is -0.137. The Balaban J connectivity index is 2.04. The lowest BCUT2D eigenvalue weighted by atomic mass is 10.2. The van der Waals surface area contributed by atoms with E-state index in [0.717, 1.165) is 23.0 Å². The molecule has 0 radical (unpaired) electrons. The molecule has 5 nitrogen and oxygen atoms in total. The van der Waals surface area contributed by atoms with Crippen LogP contribution in [0.25, 0.3) is 17.2 Å². The van der Waals surface area contributed by atoms with Crippen LogP contribution in [-0.2, 0) is 6.18 Å². The van der Waals surface area contributed by atoms with Gasteiger partial charge in [-0.3, -0.25) is 4.98 Å². The quantitative estimate of drug-likeness (QED) is 0.724. The minimum Gasteiger partial charge on any atom is -0.253 e. The smallest absolute Gasteiger partial charge is 0.253 e. The van der Waals surface area contributed by atoms with Crippen LogP contribution in [0.3, 0.4) is 0 Å². The van der Waals surface area contributed by atoms with Crippen molar-refractivity contribution in [2.24, 2.45) is 0 Å². The Morgan fingerprint density at radius 3 is 2.59 bits per heavy atom. The SMILES string of the molecule is FC(F)(F)c1ccc(Cl)c(-n2nnc(-c3ccccn3)n2)c1. The van der Waals surface area contributed by atoms with Crippen LogP contribution in [0, 0.1) is 0 Å². The van der Waals surface area contributed by atoms with Gasteiger partial charge in [-0.1, -0.05) is 17.7 Å². The average molecular weight is 326 g/mol. The maximum absolute atomic E-state index is 12.8. The third-order valence-corrected chi connectivity index (χ3v) is 3.12. The topological polar surface area (TPSA) is 56.5 Å². The zero-order chi connectivity index (χ0) is 15.7. The molecule has 0 N–H and O–H groups in total. The predicted molar refractivity (Wildman–Crippen MR) is 72.4 cm³/mol. The number of rotatable bonds is 2. The van der Waals surface area contributed by atoms with Gasteiger partial charge in [0.1, 0.15) is 11.4 Å². The van der Waals surface area contributed by atoms with Gasteiger partial charge in [0.2, 0.25) is 5.82 Å². The molecule has 0 unspecified atom stereocenters. The normalized spacial score (nSPS) is 11.6. The molecule has 0 atom stereocenters. The first-order valence-electron chi connectivity index (χ1n) is 6.04. The van der Waals surface area contributed by atoms with Crippen molar-refractivity contribution in [1.82, 2.24) is 25.2 Å². The fourth-order valence-electron chi connectivity index (χ4n) is 1.76. The van der Waals surface area contributed by atoms with E-state index >= 15 is 0 Å². The summed E-state index contributed by atoms with van der Waals surface area (Å²) in [6.45, 7) is 0. The van der Waals surface area contributed by atoms with Gasteiger partial charge in [-0.2, -0.15) is 13.2 Å². The summed E-state index contributed by atoms with van der Waals surface area (Å²) in [5.74, 6) is 0.189. The minimum atomic E-state index is -4.48. The van der Waals surface area contributed by atoms with E-state index in [9.17, 15) is 13.2 Å². The second-order valence-corrected chi connectivity index (χ2v) is 4.69. The molecule has 0 bridgehead atoms. The van der Waals surface area contributed by atoms with E-state index in [1.165, 1.54) is 0 Å². The molecule has 0 saturated carbocycles. The van der Waals surface area contributed by atoms with Crippen molar-refractivity contribution < 1.29 is 13.2 Å². The van der Waals surface area contributed by atoms with Crippen molar-refractivity contribution >= 4 is 11.6 Å². The monoisotopic (exact) mass is 325 g/mol. The van der Waals surface area contributed by atoms with Crippen LogP contribution in [0.15, 0.2) is 42.6 Å². The second-order valence-electron chi connectivity index (χ2n) is 4.28. The number of hydrogen-bond donors (Lipinski definition) is 0. The number of hydrogen-bond acceptors (Lipinski definition) is 4. The minimum absolute atomic E-state index is 0.00817. The molecule has 9 heteroatoms. The van der Waals surface area contributed by atoms with E-state index < -0.39 is 11.7 Å². The van der Waals surface area contributed by atoms with Crippen molar-refractivity contribution in [1.29, 1.82) is 0 Å². The molecule has 112 valence electrons. The third-order valence-electron chi connectivity index (χ3n) is 2.80. The number of benzene rings is 1. The van der Waals surface area contributed by atoms with Crippen molar-refractivity contribution in [2.75, 3.05) is 0 Å². The maximum Gasteiger partial charge on any atom is 0.416 e. The second kappa shape index (κ2) is 5.38. The van der Waals surface area contributed by atoms with Gasteiger partial charge in [0.15, 0.2) is 0 Å².